The van der Waals surface area contributed by atoms with E-state index in [1.807, 2.05) is 0 Å². The van der Waals surface area contributed by atoms with E-state index in [9.17, 15) is 18.8 Å². The second-order valence-electron chi connectivity index (χ2n) is 4.79. The molecular weight excluding hydrogens is 359 g/mol. The number of nitrogens with one attached hydrogen (secondary N) is 2. The lowest BCUT2D eigenvalue weighted by Crippen LogP contribution is -2.46. The summed E-state index contributed by atoms with van der Waals surface area (Å²) in [7, 11) is 0. The smallest absolute Gasteiger partial charge is 0.340 e. The predicted octanol–water partition coefficient (Wildman–Crippen LogP) is 2.37. The SMILES string of the molecule is CC(C)NC(=O)NC(=O)[C@H](C)OC(=O)c1ccc(F)cc1Br. The molecule has 0 unspecified atom stereocenters. The maximum absolute atomic E-state index is 13.0. The second-order valence-corrected chi connectivity index (χ2v) is 5.64. The lowest BCUT2D eigenvalue weighted by molar-refractivity contribution is -0.127. The molecule has 0 fully saturated rings. The zero-order chi connectivity index (χ0) is 16.9. The van der Waals surface area contributed by atoms with Crippen molar-refractivity contribution in [3.8, 4) is 0 Å². The fraction of sp³-hybridized carbons (Fsp3) is 0.357. The van der Waals surface area contributed by atoms with Crippen molar-refractivity contribution in [2.24, 2.45) is 0 Å². The van der Waals surface area contributed by atoms with Crippen LogP contribution in [-0.2, 0) is 9.53 Å². The number of hydrogen-bond acceptors (Lipinski definition) is 4. The first kappa shape index (κ1) is 18.1. The Morgan fingerprint density at radius 3 is 2.41 bits per heavy atom. The number of imide groups is 1. The molecule has 8 heteroatoms. The summed E-state index contributed by atoms with van der Waals surface area (Å²) in [4.78, 5) is 35.0. The van der Waals surface area contributed by atoms with Crippen LogP contribution in [-0.4, -0.2) is 30.1 Å². The fourth-order valence-electron chi connectivity index (χ4n) is 1.44. The molecule has 22 heavy (non-hydrogen) atoms. The van der Waals surface area contributed by atoms with Crippen molar-refractivity contribution >= 4 is 33.8 Å². The van der Waals surface area contributed by atoms with E-state index in [0.29, 0.717) is 0 Å². The highest BCUT2D eigenvalue weighted by atomic mass is 79.9. The topological polar surface area (TPSA) is 84.5 Å². The highest BCUT2D eigenvalue weighted by molar-refractivity contribution is 9.10. The first-order valence-electron chi connectivity index (χ1n) is 6.48. The summed E-state index contributed by atoms with van der Waals surface area (Å²) in [6, 6.07) is 2.63. The highest BCUT2D eigenvalue weighted by Crippen LogP contribution is 2.19. The average molecular weight is 375 g/mol. The van der Waals surface area contributed by atoms with Crippen LogP contribution >= 0.6 is 15.9 Å². The van der Waals surface area contributed by atoms with Crippen molar-refractivity contribution in [1.82, 2.24) is 10.6 Å². The Morgan fingerprint density at radius 1 is 1.23 bits per heavy atom. The summed E-state index contributed by atoms with van der Waals surface area (Å²) in [5, 5.41) is 4.52. The number of urea groups is 1. The Bertz CT molecular complexity index is 592. The van der Waals surface area contributed by atoms with Gasteiger partial charge in [0.25, 0.3) is 5.91 Å². The number of hydrogen-bond donors (Lipinski definition) is 2. The van der Waals surface area contributed by atoms with Crippen LogP contribution in [0.25, 0.3) is 0 Å². The van der Waals surface area contributed by atoms with E-state index < -0.39 is 29.8 Å². The number of halogens is 2. The third-order valence-electron chi connectivity index (χ3n) is 2.46. The molecule has 1 aromatic carbocycles. The molecule has 0 aliphatic rings. The Kier molecular flexibility index (Phi) is 6.48. The molecule has 2 N–H and O–H groups in total. The van der Waals surface area contributed by atoms with Crippen LogP contribution in [0.2, 0.25) is 0 Å². The molecule has 3 amide bonds. The molecule has 0 saturated heterocycles. The van der Waals surface area contributed by atoms with Gasteiger partial charge in [0.2, 0.25) is 0 Å². The number of carbonyl (C=O) groups is 3. The highest BCUT2D eigenvalue weighted by Gasteiger charge is 2.22. The third-order valence-corrected chi connectivity index (χ3v) is 3.12. The van der Waals surface area contributed by atoms with Gasteiger partial charge in [-0.2, -0.15) is 0 Å². The Balaban J connectivity index is 2.63. The summed E-state index contributed by atoms with van der Waals surface area (Å²) < 4.78 is 18.1. The van der Waals surface area contributed by atoms with Crippen LogP contribution in [0.1, 0.15) is 31.1 Å². The average Bonchev–Trinajstić information content (AvgIpc) is 2.36. The second kappa shape index (κ2) is 7.88. The van der Waals surface area contributed by atoms with E-state index >= 15 is 0 Å². The van der Waals surface area contributed by atoms with Crippen molar-refractivity contribution in [1.29, 1.82) is 0 Å². The number of amides is 3. The van der Waals surface area contributed by atoms with Gasteiger partial charge in [0.1, 0.15) is 5.82 Å². The molecule has 1 aromatic rings. The van der Waals surface area contributed by atoms with E-state index in [1.165, 1.54) is 13.0 Å². The Labute approximate surface area is 135 Å². The zero-order valence-electron chi connectivity index (χ0n) is 12.3. The lowest BCUT2D eigenvalue weighted by Gasteiger charge is -2.14. The minimum atomic E-state index is -1.18. The van der Waals surface area contributed by atoms with E-state index in [2.05, 4.69) is 26.6 Å². The number of carbonyl (C=O) groups excluding carboxylic acids is 3. The van der Waals surface area contributed by atoms with Gasteiger partial charge < -0.3 is 10.1 Å². The summed E-state index contributed by atoms with van der Waals surface area (Å²) in [6.45, 7) is 4.80. The van der Waals surface area contributed by atoms with Crippen molar-refractivity contribution in [2.45, 2.75) is 32.9 Å². The number of rotatable bonds is 4. The van der Waals surface area contributed by atoms with E-state index in [4.69, 9.17) is 4.74 Å². The normalized spacial score (nSPS) is 11.7. The maximum atomic E-state index is 13.0. The van der Waals surface area contributed by atoms with Gasteiger partial charge >= 0.3 is 12.0 Å². The third kappa shape index (κ3) is 5.44. The number of ether oxygens (including phenoxy) is 1. The molecule has 0 aliphatic carbocycles. The fourth-order valence-corrected chi connectivity index (χ4v) is 1.96. The maximum Gasteiger partial charge on any atom is 0.340 e. The minimum Gasteiger partial charge on any atom is -0.449 e. The molecule has 0 heterocycles. The standard InChI is InChI=1S/C14H16BrFN2O4/c1-7(2)17-14(21)18-12(19)8(3)22-13(20)10-5-4-9(16)6-11(10)15/h4-8H,1-3H3,(H2,17,18,19,21)/t8-/m0/s1. The van der Waals surface area contributed by atoms with Crippen LogP contribution < -0.4 is 10.6 Å². The largest absolute Gasteiger partial charge is 0.449 e. The van der Waals surface area contributed by atoms with Gasteiger partial charge in [-0.1, -0.05) is 0 Å². The van der Waals surface area contributed by atoms with Crippen LogP contribution in [0.3, 0.4) is 0 Å². The van der Waals surface area contributed by atoms with Crippen molar-refractivity contribution in [3.05, 3.63) is 34.1 Å². The Morgan fingerprint density at radius 2 is 1.86 bits per heavy atom. The van der Waals surface area contributed by atoms with Crippen molar-refractivity contribution in [2.75, 3.05) is 0 Å². The van der Waals surface area contributed by atoms with Gasteiger partial charge in [-0.15, -0.1) is 0 Å². The van der Waals surface area contributed by atoms with Crippen LogP contribution in [0.15, 0.2) is 22.7 Å². The van der Waals surface area contributed by atoms with Crippen LogP contribution in [0.5, 0.6) is 0 Å². The molecule has 120 valence electrons. The first-order valence-corrected chi connectivity index (χ1v) is 7.27. The quantitative estimate of drug-likeness (QED) is 0.792. The molecular formula is C14H16BrFN2O4. The zero-order valence-corrected chi connectivity index (χ0v) is 13.9. The van der Waals surface area contributed by atoms with Gasteiger partial charge in [0.05, 0.1) is 5.56 Å². The van der Waals surface area contributed by atoms with E-state index in [1.54, 1.807) is 13.8 Å². The van der Waals surface area contributed by atoms with Gasteiger partial charge in [0, 0.05) is 10.5 Å². The van der Waals surface area contributed by atoms with E-state index in [0.717, 1.165) is 12.1 Å². The molecule has 1 rings (SSSR count). The van der Waals surface area contributed by atoms with Crippen LogP contribution in [0, 0.1) is 5.82 Å². The molecule has 6 nitrogen and oxygen atoms in total. The molecule has 0 radical (unpaired) electrons. The van der Waals surface area contributed by atoms with Crippen molar-refractivity contribution in [3.63, 3.8) is 0 Å². The summed E-state index contributed by atoms with van der Waals surface area (Å²) in [5.41, 5.74) is 0.0766. The Hall–Kier alpha value is -1.96. The van der Waals surface area contributed by atoms with Crippen LogP contribution in [0.4, 0.5) is 9.18 Å². The molecule has 0 spiro atoms. The monoisotopic (exact) mass is 374 g/mol. The first-order chi connectivity index (χ1) is 10.2. The number of esters is 1. The molecule has 0 aliphatic heterocycles. The molecule has 0 aromatic heterocycles. The van der Waals surface area contributed by atoms with Gasteiger partial charge in [0.15, 0.2) is 6.10 Å². The lowest BCUT2D eigenvalue weighted by atomic mass is 10.2. The molecule has 1 atom stereocenters. The van der Waals surface area contributed by atoms with Gasteiger partial charge in [-0.05, 0) is 54.9 Å². The molecule has 0 bridgehead atoms. The summed E-state index contributed by atoms with van der Waals surface area (Å²) in [5.74, 6) is -2.08. The van der Waals surface area contributed by atoms with Gasteiger partial charge in [-0.3, -0.25) is 10.1 Å². The van der Waals surface area contributed by atoms with Gasteiger partial charge in [-0.25, -0.2) is 14.0 Å². The van der Waals surface area contributed by atoms with E-state index in [-0.39, 0.29) is 16.1 Å². The molecule has 0 saturated carbocycles. The summed E-state index contributed by atoms with van der Waals surface area (Å²) in [6.07, 6.45) is -1.18. The van der Waals surface area contributed by atoms with Crippen molar-refractivity contribution < 1.29 is 23.5 Å². The predicted molar refractivity (Wildman–Crippen MR) is 80.8 cm³/mol. The minimum absolute atomic E-state index is 0.0766. The number of benzene rings is 1. The summed E-state index contributed by atoms with van der Waals surface area (Å²) >= 11 is 3.04.